The molecule has 0 spiro atoms. The van der Waals surface area contributed by atoms with Gasteiger partial charge in [0.15, 0.2) is 0 Å². The largest absolute Gasteiger partial charge is 0.496 e. The Hall–Kier alpha value is -3.32. The summed E-state index contributed by atoms with van der Waals surface area (Å²) in [5.74, 6) is 0.775. The number of hydrogen-bond donors (Lipinski definition) is 3. The summed E-state index contributed by atoms with van der Waals surface area (Å²) in [5.41, 5.74) is 2.96. The number of para-hydroxylation sites is 1. The monoisotopic (exact) mass is 378 g/mol. The predicted octanol–water partition coefficient (Wildman–Crippen LogP) is 4.22. The number of hydrogen-bond acceptors (Lipinski definition) is 5. The van der Waals surface area contributed by atoms with E-state index in [2.05, 4.69) is 10.6 Å². The van der Waals surface area contributed by atoms with Crippen LogP contribution >= 0.6 is 11.3 Å². The fourth-order valence-corrected chi connectivity index (χ4v) is 3.76. The third-order valence-corrected chi connectivity index (χ3v) is 5.25. The van der Waals surface area contributed by atoms with Gasteiger partial charge in [0.1, 0.15) is 16.6 Å². The van der Waals surface area contributed by atoms with Crippen LogP contribution in [0.3, 0.4) is 0 Å². The van der Waals surface area contributed by atoms with Crippen molar-refractivity contribution in [2.45, 2.75) is 0 Å². The van der Waals surface area contributed by atoms with Crippen molar-refractivity contribution in [3.05, 3.63) is 71.1 Å². The molecule has 0 bridgehead atoms. The van der Waals surface area contributed by atoms with Crippen molar-refractivity contribution >= 4 is 39.5 Å². The van der Waals surface area contributed by atoms with Crippen LogP contribution in [0.1, 0.15) is 15.9 Å². The van der Waals surface area contributed by atoms with E-state index in [9.17, 15) is 4.79 Å². The third kappa shape index (κ3) is 3.24. The van der Waals surface area contributed by atoms with E-state index < -0.39 is 0 Å². The van der Waals surface area contributed by atoms with E-state index in [1.165, 1.54) is 0 Å². The molecule has 0 unspecified atom stereocenters. The van der Waals surface area contributed by atoms with Gasteiger partial charge in [-0.25, -0.2) is 0 Å². The maximum Gasteiger partial charge on any atom is 0.259 e. The van der Waals surface area contributed by atoms with E-state index in [0.717, 1.165) is 16.3 Å². The molecule has 2 aromatic carbocycles. The number of carbonyl (C=O) groups is 1. The van der Waals surface area contributed by atoms with Crippen LogP contribution in [0.2, 0.25) is 0 Å². The summed E-state index contributed by atoms with van der Waals surface area (Å²) < 4.78 is 5.24. The van der Waals surface area contributed by atoms with Crippen molar-refractivity contribution < 1.29 is 9.53 Å². The van der Waals surface area contributed by atoms with Crippen molar-refractivity contribution in [3.8, 4) is 5.75 Å². The Morgan fingerprint density at radius 1 is 1.19 bits per heavy atom. The second kappa shape index (κ2) is 7.13. The first kappa shape index (κ1) is 17.1. The SMILES string of the molecule is COc1ccccc1C(=O)Nc1ccc(N2CNc3sccc3C2=N)cc1. The molecule has 1 aliphatic heterocycles. The standard InChI is InChI=1S/C20H18N4O2S/c1-26-17-5-3-2-4-15(17)19(25)23-13-6-8-14(9-7-13)24-12-22-20-16(18(24)21)10-11-27-20/h2-11,21-22H,12H2,1H3,(H,23,25). The lowest BCUT2D eigenvalue weighted by atomic mass is 10.1. The summed E-state index contributed by atoms with van der Waals surface area (Å²) in [7, 11) is 1.54. The molecule has 1 aromatic heterocycles. The van der Waals surface area contributed by atoms with Crippen LogP contribution in [0.25, 0.3) is 0 Å². The van der Waals surface area contributed by atoms with Crippen molar-refractivity contribution in [1.29, 1.82) is 5.41 Å². The van der Waals surface area contributed by atoms with Gasteiger partial charge in [0, 0.05) is 11.4 Å². The zero-order chi connectivity index (χ0) is 18.8. The van der Waals surface area contributed by atoms with Crippen LogP contribution < -0.4 is 20.3 Å². The molecule has 2 heterocycles. The molecule has 0 saturated carbocycles. The Labute approximate surface area is 160 Å². The zero-order valence-electron chi connectivity index (χ0n) is 14.7. The van der Waals surface area contributed by atoms with Gasteiger partial charge in [-0.3, -0.25) is 10.2 Å². The summed E-state index contributed by atoms with van der Waals surface area (Å²) in [6.45, 7) is 0.541. The smallest absolute Gasteiger partial charge is 0.259 e. The Balaban J connectivity index is 1.50. The number of nitrogens with one attached hydrogen (secondary N) is 3. The summed E-state index contributed by atoms with van der Waals surface area (Å²) in [5, 5.41) is 17.6. The van der Waals surface area contributed by atoms with E-state index in [0.29, 0.717) is 29.5 Å². The number of thiophene rings is 1. The number of nitrogens with zero attached hydrogens (tertiary/aromatic N) is 1. The second-order valence-electron chi connectivity index (χ2n) is 5.98. The van der Waals surface area contributed by atoms with Crippen LogP contribution in [-0.2, 0) is 0 Å². The fourth-order valence-electron chi connectivity index (χ4n) is 2.98. The molecule has 0 atom stereocenters. The Morgan fingerprint density at radius 3 is 2.74 bits per heavy atom. The van der Waals surface area contributed by atoms with Gasteiger partial charge < -0.3 is 20.3 Å². The molecular weight excluding hydrogens is 360 g/mol. The number of benzene rings is 2. The lowest BCUT2D eigenvalue weighted by Gasteiger charge is -2.30. The molecular formula is C20H18N4O2S. The van der Waals surface area contributed by atoms with E-state index in [1.807, 2.05) is 46.7 Å². The maximum atomic E-state index is 12.5. The number of rotatable bonds is 4. The highest BCUT2D eigenvalue weighted by Crippen LogP contribution is 2.31. The van der Waals surface area contributed by atoms with E-state index in [-0.39, 0.29) is 5.91 Å². The van der Waals surface area contributed by atoms with Crippen LogP contribution in [0.15, 0.2) is 60.0 Å². The molecule has 6 nitrogen and oxygen atoms in total. The molecule has 27 heavy (non-hydrogen) atoms. The maximum absolute atomic E-state index is 12.5. The van der Waals surface area contributed by atoms with E-state index >= 15 is 0 Å². The van der Waals surface area contributed by atoms with Crippen LogP contribution in [0, 0.1) is 5.41 Å². The highest BCUT2D eigenvalue weighted by Gasteiger charge is 2.23. The quantitative estimate of drug-likeness (QED) is 0.635. The summed E-state index contributed by atoms with van der Waals surface area (Å²) in [4.78, 5) is 14.4. The number of ether oxygens (including phenoxy) is 1. The van der Waals surface area contributed by atoms with Gasteiger partial charge in [0.25, 0.3) is 5.91 Å². The van der Waals surface area contributed by atoms with Gasteiger partial charge in [-0.05, 0) is 47.8 Å². The van der Waals surface area contributed by atoms with Gasteiger partial charge in [0.05, 0.1) is 24.9 Å². The number of fused-ring (bicyclic) bond motifs is 1. The topological polar surface area (TPSA) is 77.5 Å². The number of amides is 1. The summed E-state index contributed by atoms with van der Waals surface area (Å²) in [6.07, 6.45) is 0. The predicted molar refractivity (Wildman–Crippen MR) is 110 cm³/mol. The van der Waals surface area contributed by atoms with Gasteiger partial charge in [-0.2, -0.15) is 0 Å². The molecule has 0 radical (unpaired) electrons. The number of amidine groups is 1. The Morgan fingerprint density at radius 2 is 1.96 bits per heavy atom. The Bertz CT molecular complexity index is 997. The molecule has 0 aliphatic carbocycles. The number of methoxy groups -OCH3 is 1. The van der Waals surface area contributed by atoms with Gasteiger partial charge >= 0.3 is 0 Å². The minimum absolute atomic E-state index is 0.226. The molecule has 136 valence electrons. The molecule has 0 saturated heterocycles. The zero-order valence-corrected chi connectivity index (χ0v) is 15.5. The molecule has 1 aliphatic rings. The third-order valence-electron chi connectivity index (χ3n) is 4.38. The first-order valence-corrected chi connectivity index (χ1v) is 9.27. The van der Waals surface area contributed by atoms with Gasteiger partial charge in [-0.1, -0.05) is 12.1 Å². The lowest BCUT2D eigenvalue weighted by molar-refractivity contribution is 0.102. The number of anilines is 3. The second-order valence-corrected chi connectivity index (χ2v) is 6.89. The first-order valence-electron chi connectivity index (χ1n) is 8.39. The van der Waals surface area contributed by atoms with E-state index in [4.69, 9.17) is 10.1 Å². The van der Waals surface area contributed by atoms with Crippen LogP contribution in [0.4, 0.5) is 16.4 Å². The van der Waals surface area contributed by atoms with Crippen molar-refractivity contribution in [2.24, 2.45) is 0 Å². The first-order chi connectivity index (χ1) is 13.2. The number of carbonyl (C=O) groups excluding carboxylic acids is 1. The molecule has 0 fully saturated rings. The summed E-state index contributed by atoms with van der Waals surface area (Å²) in [6, 6.07) is 16.5. The fraction of sp³-hybridized carbons (Fsp3) is 0.100. The average molecular weight is 378 g/mol. The molecule has 7 heteroatoms. The molecule has 3 N–H and O–H groups in total. The highest BCUT2D eigenvalue weighted by molar-refractivity contribution is 7.14. The van der Waals surface area contributed by atoms with E-state index in [1.54, 1.807) is 36.6 Å². The van der Waals surface area contributed by atoms with Crippen molar-refractivity contribution in [3.63, 3.8) is 0 Å². The lowest BCUT2D eigenvalue weighted by Crippen LogP contribution is -2.39. The van der Waals surface area contributed by atoms with Gasteiger partial charge in [-0.15, -0.1) is 11.3 Å². The van der Waals surface area contributed by atoms with Crippen molar-refractivity contribution in [1.82, 2.24) is 0 Å². The highest BCUT2D eigenvalue weighted by atomic mass is 32.1. The molecule has 1 amide bonds. The molecule has 4 rings (SSSR count). The minimum atomic E-state index is -0.226. The molecule has 3 aromatic rings. The normalized spacial score (nSPS) is 12.9. The van der Waals surface area contributed by atoms with Crippen LogP contribution in [0.5, 0.6) is 5.75 Å². The van der Waals surface area contributed by atoms with Gasteiger partial charge in [0.2, 0.25) is 0 Å². The average Bonchev–Trinajstić information content (AvgIpc) is 3.19. The minimum Gasteiger partial charge on any atom is -0.496 e. The van der Waals surface area contributed by atoms with Crippen LogP contribution in [-0.4, -0.2) is 25.5 Å². The Kier molecular flexibility index (Phi) is 4.52. The van der Waals surface area contributed by atoms with Crippen molar-refractivity contribution in [2.75, 3.05) is 29.3 Å². The summed E-state index contributed by atoms with van der Waals surface area (Å²) >= 11 is 1.60.